The molecule has 1 aromatic carbocycles. The first-order valence-corrected chi connectivity index (χ1v) is 11.3. The number of ether oxygens (including phenoxy) is 2. The van der Waals surface area contributed by atoms with Gasteiger partial charge in [-0.25, -0.2) is 4.99 Å². The van der Waals surface area contributed by atoms with Gasteiger partial charge in [0.25, 0.3) is 0 Å². The summed E-state index contributed by atoms with van der Waals surface area (Å²) in [7, 11) is 0. The number of aliphatic imine (C=N–C) groups is 1. The molecule has 1 saturated carbocycles. The second kappa shape index (κ2) is 14.8. The number of anilines is 1. The van der Waals surface area contributed by atoms with Gasteiger partial charge in [-0.3, -0.25) is 4.79 Å². The number of amides is 1. The third-order valence-corrected chi connectivity index (χ3v) is 4.99. The van der Waals surface area contributed by atoms with Crippen molar-refractivity contribution in [3.05, 3.63) is 29.8 Å². The molecule has 0 aromatic heterocycles. The number of nitrogens with zero attached hydrogens (tertiary/aromatic N) is 1. The van der Waals surface area contributed by atoms with Gasteiger partial charge >= 0.3 is 0 Å². The largest absolute Gasteiger partial charge is 0.379 e. The number of hydrogen-bond donors (Lipinski definition) is 3. The molecular formula is C23H38N4O3. The number of benzene rings is 1. The molecule has 7 heteroatoms. The highest BCUT2D eigenvalue weighted by atomic mass is 16.5. The molecule has 0 atom stereocenters. The number of carbonyl (C=O) groups excluding carboxylic acids is 1. The molecule has 0 bridgehead atoms. The molecule has 0 spiro atoms. The van der Waals surface area contributed by atoms with E-state index in [1.54, 1.807) is 0 Å². The van der Waals surface area contributed by atoms with Gasteiger partial charge in [-0.1, -0.05) is 31.9 Å². The Balaban J connectivity index is 1.70. The molecule has 0 unspecified atom stereocenters. The van der Waals surface area contributed by atoms with Crippen molar-refractivity contribution >= 4 is 17.6 Å². The van der Waals surface area contributed by atoms with Gasteiger partial charge in [-0.05, 0) is 43.9 Å². The lowest BCUT2D eigenvalue weighted by Gasteiger charge is -2.24. The van der Waals surface area contributed by atoms with Crippen molar-refractivity contribution in [2.45, 2.75) is 52.5 Å². The maximum Gasteiger partial charge on any atom is 0.227 e. The first-order valence-electron chi connectivity index (χ1n) is 11.3. The highest BCUT2D eigenvalue weighted by Crippen LogP contribution is 2.27. The summed E-state index contributed by atoms with van der Waals surface area (Å²) in [5.74, 6) is 1.07. The average Bonchev–Trinajstić information content (AvgIpc) is 2.69. The summed E-state index contributed by atoms with van der Waals surface area (Å²) in [5, 5.41) is 9.55. The van der Waals surface area contributed by atoms with Crippen molar-refractivity contribution in [3.8, 4) is 0 Å². The summed E-state index contributed by atoms with van der Waals surface area (Å²) >= 11 is 0. The van der Waals surface area contributed by atoms with Crippen LogP contribution in [0, 0.1) is 5.92 Å². The maximum atomic E-state index is 12.1. The number of unbranched alkanes of at least 4 members (excludes halogenated alkanes) is 1. The Morgan fingerprint density at radius 1 is 1.10 bits per heavy atom. The second-order valence-electron chi connectivity index (χ2n) is 7.52. The fraction of sp³-hybridized carbons (Fsp3) is 0.652. The van der Waals surface area contributed by atoms with Crippen LogP contribution in [0.5, 0.6) is 0 Å². The molecular weight excluding hydrogens is 380 g/mol. The number of hydrogen-bond acceptors (Lipinski definition) is 4. The Hall–Kier alpha value is -2.12. The van der Waals surface area contributed by atoms with Crippen molar-refractivity contribution in [1.29, 1.82) is 0 Å². The van der Waals surface area contributed by atoms with Crippen LogP contribution in [0.2, 0.25) is 0 Å². The normalized spacial score (nSPS) is 14.3. The lowest BCUT2D eigenvalue weighted by Crippen LogP contribution is -2.39. The van der Waals surface area contributed by atoms with E-state index < -0.39 is 0 Å². The van der Waals surface area contributed by atoms with E-state index in [4.69, 9.17) is 9.47 Å². The zero-order chi connectivity index (χ0) is 21.4. The second-order valence-corrected chi connectivity index (χ2v) is 7.52. The van der Waals surface area contributed by atoms with Gasteiger partial charge in [0.05, 0.1) is 26.4 Å². The van der Waals surface area contributed by atoms with Crippen LogP contribution >= 0.6 is 0 Å². The van der Waals surface area contributed by atoms with Gasteiger partial charge in [0, 0.05) is 31.3 Å². The fourth-order valence-corrected chi connectivity index (χ4v) is 2.98. The predicted molar refractivity (Wildman–Crippen MR) is 122 cm³/mol. The molecule has 1 aliphatic carbocycles. The van der Waals surface area contributed by atoms with Crippen LogP contribution in [-0.4, -0.2) is 51.4 Å². The van der Waals surface area contributed by atoms with Gasteiger partial charge in [0.15, 0.2) is 5.96 Å². The number of guanidine groups is 1. The topological polar surface area (TPSA) is 84.0 Å². The minimum Gasteiger partial charge on any atom is -0.379 e. The fourth-order valence-electron chi connectivity index (χ4n) is 2.98. The van der Waals surface area contributed by atoms with Gasteiger partial charge < -0.3 is 25.4 Å². The Kier molecular flexibility index (Phi) is 11.9. The molecule has 1 amide bonds. The molecule has 1 aliphatic rings. The van der Waals surface area contributed by atoms with Crippen molar-refractivity contribution in [1.82, 2.24) is 10.6 Å². The zero-order valence-electron chi connectivity index (χ0n) is 18.5. The monoisotopic (exact) mass is 418 g/mol. The standard InChI is InChI=1S/C23H38N4O3/c1-3-5-13-29-15-16-30-14-12-25-23(24-4-2)26-18-19-8-6-11-21(17-19)27-22(28)20-9-7-10-20/h6,8,11,17,20H,3-5,7,9-10,12-16,18H2,1-2H3,(H,27,28)(H2,24,25,26). The molecule has 1 aromatic rings. The number of rotatable bonds is 14. The Morgan fingerprint density at radius 2 is 1.90 bits per heavy atom. The van der Waals surface area contributed by atoms with Gasteiger partial charge in [0.2, 0.25) is 5.91 Å². The number of carbonyl (C=O) groups is 1. The predicted octanol–water partition coefficient (Wildman–Crippen LogP) is 3.31. The van der Waals surface area contributed by atoms with E-state index in [0.29, 0.717) is 32.9 Å². The van der Waals surface area contributed by atoms with E-state index in [1.165, 1.54) is 0 Å². The molecule has 1 fully saturated rings. The van der Waals surface area contributed by atoms with Crippen molar-refractivity contribution in [2.75, 3.05) is 44.8 Å². The van der Waals surface area contributed by atoms with Gasteiger partial charge in [-0.2, -0.15) is 0 Å². The Labute approximate surface area is 181 Å². The Bertz CT molecular complexity index is 647. The molecule has 0 radical (unpaired) electrons. The molecule has 0 aliphatic heterocycles. The lowest BCUT2D eigenvalue weighted by molar-refractivity contribution is -0.122. The van der Waals surface area contributed by atoms with Crippen molar-refractivity contribution < 1.29 is 14.3 Å². The summed E-state index contributed by atoms with van der Waals surface area (Å²) < 4.78 is 11.1. The van der Waals surface area contributed by atoms with E-state index in [1.807, 2.05) is 31.2 Å². The summed E-state index contributed by atoms with van der Waals surface area (Å²) in [6, 6.07) is 7.90. The highest BCUT2D eigenvalue weighted by molar-refractivity contribution is 5.93. The van der Waals surface area contributed by atoms with Crippen molar-refractivity contribution in [3.63, 3.8) is 0 Å². The molecule has 0 saturated heterocycles. The molecule has 30 heavy (non-hydrogen) atoms. The summed E-state index contributed by atoms with van der Waals surface area (Å²) in [6.45, 7) is 8.85. The third-order valence-electron chi connectivity index (χ3n) is 4.99. The molecule has 0 heterocycles. The van der Waals surface area contributed by atoms with E-state index in [0.717, 1.165) is 62.5 Å². The van der Waals surface area contributed by atoms with E-state index in [9.17, 15) is 4.79 Å². The first kappa shape index (κ1) is 24.2. The SMILES string of the molecule is CCCCOCCOCCNC(=NCc1cccc(NC(=O)C2CCC2)c1)NCC. The van der Waals surface area contributed by atoms with Crippen molar-refractivity contribution in [2.24, 2.45) is 10.9 Å². The van der Waals surface area contributed by atoms with Crippen LogP contribution in [0.25, 0.3) is 0 Å². The Morgan fingerprint density at radius 3 is 2.60 bits per heavy atom. The smallest absolute Gasteiger partial charge is 0.227 e. The summed E-state index contributed by atoms with van der Waals surface area (Å²) in [6.07, 6.45) is 5.41. The van der Waals surface area contributed by atoms with Gasteiger partial charge in [-0.15, -0.1) is 0 Å². The van der Waals surface area contributed by atoms with Crippen LogP contribution in [0.15, 0.2) is 29.3 Å². The minimum atomic E-state index is 0.132. The van der Waals surface area contributed by atoms with E-state index in [-0.39, 0.29) is 11.8 Å². The molecule has 3 N–H and O–H groups in total. The summed E-state index contributed by atoms with van der Waals surface area (Å²) in [5.41, 5.74) is 1.89. The summed E-state index contributed by atoms with van der Waals surface area (Å²) in [4.78, 5) is 16.8. The van der Waals surface area contributed by atoms with Crippen LogP contribution in [-0.2, 0) is 20.8 Å². The van der Waals surface area contributed by atoms with Crippen LogP contribution in [0.1, 0.15) is 51.5 Å². The van der Waals surface area contributed by atoms with E-state index >= 15 is 0 Å². The van der Waals surface area contributed by atoms with Crippen LogP contribution in [0.4, 0.5) is 5.69 Å². The lowest BCUT2D eigenvalue weighted by atomic mass is 9.85. The number of nitrogens with one attached hydrogen (secondary N) is 3. The quantitative estimate of drug-likeness (QED) is 0.245. The van der Waals surface area contributed by atoms with Gasteiger partial charge in [0.1, 0.15) is 0 Å². The average molecular weight is 419 g/mol. The minimum absolute atomic E-state index is 0.132. The maximum absolute atomic E-state index is 12.1. The highest BCUT2D eigenvalue weighted by Gasteiger charge is 2.25. The molecule has 2 rings (SSSR count). The third kappa shape index (κ3) is 9.59. The van der Waals surface area contributed by atoms with Crippen LogP contribution in [0.3, 0.4) is 0 Å². The van der Waals surface area contributed by atoms with E-state index in [2.05, 4.69) is 27.9 Å². The molecule has 7 nitrogen and oxygen atoms in total. The zero-order valence-corrected chi connectivity index (χ0v) is 18.5. The first-order chi connectivity index (χ1) is 14.7. The van der Waals surface area contributed by atoms with Crippen LogP contribution < -0.4 is 16.0 Å². The molecule has 168 valence electrons.